The maximum Gasteiger partial charge on any atom is 0.338 e. The van der Waals surface area contributed by atoms with Crippen LogP contribution >= 0.6 is 11.6 Å². The number of amides is 1. The Kier molecular flexibility index (Phi) is 6.09. The molecule has 0 fully saturated rings. The molecule has 138 valence electrons. The second kappa shape index (κ2) is 8.69. The molecule has 3 rings (SSSR count). The monoisotopic (exact) mass is 381 g/mol. The number of unbranched alkanes of at least 4 members (excludes halogenated alkanes) is 1. The zero-order valence-corrected chi connectivity index (χ0v) is 15.8. The van der Waals surface area contributed by atoms with Crippen molar-refractivity contribution in [3.63, 3.8) is 0 Å². The van der Waals surface area contributed by atoms with Gasteiger partial charge in [0.1, 0.15) is 0 Å². The third kappa shape index (κ3) is 4.47. The molecule has 0 aliphatic rings. The zero-order chi connectivity index (χ0) is 19.2. The minimum absolute atomic E-state index is 0.235. The number of nitrogens with one attached hydrogen (secondary N) is 1. The van der Waals surface area contributed by atoms with Crippen molar-refractivity contribution in [2.24, 2.45) is 0 Å². The third-order valence-corrected chi connectivity index (χ3v) is 4.55. The highest BCUT2D eigenvalue weighted by Gasteiger charge is 2.12. The maximum absolute atomic E-state index is 12.7. The van der Waals surface area contributed by atoms with Gasteiger partial charge in [-0.2, -0.15) is 0 Å². The van der Waals surface area contributed by atoms with Crippen molar-refractivity contribution in [2.75, 3.05) is 11.9 Å². The molecule has 0 unspecified atom stereocenters. The summed E-state index contributed by atoms with van der Waals surface area (Å²) in [6, 6.07) is 17.6. The maximum atomic E-state index is 12.7. The summed E-state index contributed by atoms with van der Waals surface area (Å²) in [5.41, 5.74) is 1.60. The SMILES string of the molecule is CCCCOC(=O)c1ccc(NC(=O)c2cccc3c(Cl)cccc23)cc1. The Hall–Kier alpha value is -2.85. The zero-order valence-electron chi connectivity index (χ0n) is 15.0. The third-order valence-electron chi connectivity index (χ3n) is 4.22. The van der Waals surface area contributed by atoms with E-state index < -0.39 is 0 Å². The van der Waals surface area contributed by atoms with Crippen molar-refractivity contribution in [1.29, 1.82) is 0 Å². The molecule has 0 saturated carbocycles. The van der Waals surface area contributed by atoms with E-state index in [2.05, 4.69) is 5.32 Å². The smallest absolute Gasteiger partial charge is 0.338 e. The first-order chi connectivity index (χ1) is 13.1. The number of halogens is 1. The largest absolute Gasteiger partial charge is 0.462 e. The van der Waals surface area contributed by atoms with Crippen molar-refractivity contribution < 1.29 is 14.3 Å². The van der Waals surface area contributed by atoms with Crippen LogP contribution in [0.5, 0.6) is 0 Å². The molecule has 0 heterocycles. The van der Waals surface area contributed by atoms with Crippen LogP contribution in [0.2, 0.25) is 5.02 Å². The number of carbonyl (C=O) groups is 2. The van der Waals surface area contributed by atoms with Gasteiger partial charge in [0.15, 0.2) is 0 Å². The molecule has 27 heavy (non-hydrogen) atoms. The molecule has 1 amide bonds. The molecule has 0 bridgehead atoms. The number of hydrogen-bond acceptors (Lipinski definition) is 3. The Balaban J connectivity index is 1.73. The first-order valence-corrected chi connectivity index (χ1v) is 9.23. The average Bonchev–Trinajstić information content (AvgIpc) is 2.68. The van der Waals surface area contributed by atoms with E-state index in [1.165, 1.54) is 0 Å². The van der Waals surface area contributed by atoms with E-state index in [-0.39, 0.29) is 11.9 Å². The molecule has 0 aromatic heterocycles. The normalized spacial score (nSPS) is 10.6. The summed E-state index contributed by atoms with van der Waals surface area (Å²) in [7, 11) is 0. The number of rotatable bonds is 6. The minimum Gasteiger partial charge on any atom is -0.462 e. The van der Waals surface area contributed by atoms with E-state index >= 15 is 0 Å². The highest BCUT2D eigenvalue weighted by atomic mass is 35.5. The van der Waals surface area contributed by atoms with Crippen LogP contribution in [0, 0.1) is 0 Å². The molecule has 1 N–H and O–H groups in total. The molecular formula is C22H20ClNO3. The standard InChI is InChI=1S/C22H20ClNO3/c1-2-3-14-27-22(26)15-10-12-16(13-11-15)24-21(25)19-8-4-7-18-17(19)6-5-9-20(18)23/h4-13H,2-3,14H2,1H3,(H,24,25). The lowest BCUT2D eigenvalue weighted by molar-refractivity contribution is 0.0499. The Bertz CT molecular complexity index is 967. The molecule has 0 aliphatic carbocycles. The molecule has 3 aromatic carbocycles. The molecule has 0 radical (unpaired) electrons. The summed E-state index contributed by atoms with van der Waals surface area (Å²) in [5.74, 6) is -0.592. The number of esters is 1. The van der Waals surface area contributed by atoms with Crippen molar-refractivity contribution in [1.82, 2.24) is 0 Å². The highest BCUT2D eigenvalue weighted by Crippen LogP contribution is 2.26. The topological polar surface area (TPSA) is 55.4 Å². The predicted octanol–water partition coefficient (Wildman–Crippen LogP) is 5.70. The van der Waals surface area contributed by atoms with Crippen molar-refractivity contribution >= 4 is 39.9 Å². The number of ether oxygens (including phenoxy) is 1. The fourth-order valence-electron chi connectivity index (χ4n) is 2.75. The predicted molar refractivity (Wildman–Crippen MR) is 109 cm³/mol. The second-order valence-electron chi connectivity index (χ2n) is 6.16. The van der Waals surface area contributed by atoms with Gasteiger partial charge in [-0.05, 0) is 48.2 Å². The van der Waals surface area contributed by atoms with E-state index in [1.54, 1.807) is 42.5 Å². The Morgan fingerprint density at radius 1 is 0.963 bits per heavy atom. The highest BCUT2D eigenvalue weighted by molar-refractivity contribution is 6.36. The summed E-state index contributed by atoms with van der Waals surface area (Å²) in [4.78, 5) is 24.6. The average molecular weight is 382 g/mol. The van der Waals surface area contributed by atoms with Gasteiger partial charge in [0.05, 0.1) is 12.2 Å². The van der Waals surface area contributed by atoms with Gasteiger partial charge in [-0.25, -0.2) is 4.79 Å². The summed E-state index contributed by atoms with van der Waals surface area (Å²) < 4.78 is 5.18. The molecule has 0 saturated heterocycles. The van der Waals surface area contributed by atoms with Crippen molar-refractivity contribution in [3.05, 3.63) is 76.8 Å². The number of anilines is 1. The number of hydrogen-bond donors (Lipinski definition) is 1. The van der Waals surface area contributed by atoms with Gasteiger partial charge in [0, 0.05) is 21.7 Å². The lowest BCUT2D eigenvalue weighted by Gasteiger charge is -2.10. The van der Waals surface area contributed by atoms with Gasteiger partial charge in [0.25, 0.3) is 5.91 Å². The van der Waals surface area contributed by atoms with Crippen LogP contribution in [0.1, 0.15) is 40.5 Å². The quantitative estimate of drug-likeness (QED) is 0.440. The van der Waals surface area contributed by atoms with Crippen LogP contribution in [-0.2, 0) is 4.74 Å². The Morgan fingerprint density at radius 3 is 2.41 bits per heavy atom. The van der Waals surface area contributed by atoms with E-state index in [4.69, 9.17) is 16.3 Å². The minimum atomic E-state index is -0.356. The van der Waals surface area contributed by atoms with Crippen LogP contribution in [-0.4, -0.2) is 18.5 Å². The van der Waals surface area contributed by atoms with E-state index in [0.29, 0.717) is 28.4 Å². The second-order valence-corrected chi connectivity index (χ2v) is 6.57. The van der Waals surface area contributed by atoms with Gasteiger partial charge in [-0.1, -0.05) is 49.2 Å². The molecule has 0 spiro atoms. The number of benzene rings is 3. The summed E-state index contributed by atoms with van der Waals surface area (Å²) in [6.45, 7) is 2.45. The molecule has 0 atom stereocenters. The van der Waals surface area contributed by atoms with Gasteiger partial charge in [0.2, 0.25) is 0 Å². The number of carbonyl (C=O) groups excluding carboxylic acids is 2. The van der Waals surface area contributed by atoms with Crippen LogP contribution in [0.15, 0.2) is 60.7 Å². The fourth-order valence-corrected chi connectivity index (χ4v) is 2.99. The van der Waals surface area contributed by atoms with E-state index in [9.17, 15) is 9.59 Å². The number of fused-ring (bicyclic) bond motifs is 1. The molecule has 3 aromatic rings. The molecule has 0 aliphatic heterocycles. The van der Waals surface area contributed by atoms with E-state index in [0.717, 1.165) is 23.6 Å². The summed E-state index contributed by atoms with van der Waals surface area (Å²) in [6.07, 6.45) is 1.81. The van der Waals surface area contributed by atoms with Gasteiger partial charge >= 0.3 is 5.97 Å². The lowest BCUT2D eigenvalue weighted by Crippen LogP contribution is -2.13. The molecule has 5 heteroatoms. The Labute approximate surface area is 163 Å². The summed E-state index contributed by atoms with van der Waals surface area (Å²) >= 11 is 6.21. The first-order valence-electron chi connectivity index (χ1n) is 8.86. The van der Waals surface area contributed by atoms with Crippen LogP contribution in [0.25, 0.3) is 10.8 Å². The van der Waals surface area contributed by atoms with Crippen molar-refractivity contribution in [3.8, 4) is 0 Å². The van der Waals surface area contributed by atoms with Crippen LogP contribution in [0.4, 0.5) is 5.69 Å². The van der Waals surface area contributed by atoms with Crippen LogP contribution in [0.3, 0.4) is 0 Å². The van der Waals surface area contributed by atoms with Gasteiger partial charge in [-0.3, -0.25) is 4.79 Å². The lowest BCUT2D eigenvalue weighted by atomic mass is 10.0. The molecule has 4 nitrogen and oxygen atoms in total. The van der Waals surface area contributed by atoms with Crippen LogP contribution < -0.4 is 5.32 Å². The first kappa shape index (κ1) is 18.9. The summed E-state index contributed by atoms with van der Waals surface area (Å²) in [5, 5.41) is 5.08. The Morgan fingerprint density at radius 2 is 1.67 bits per heavy atom. The molecular weight excluding hydrogens is 362 g/mol. The fraction of sp³-hybridized carbons (Fsp3) is 0.182. The van der Waals surface area contributed by atoms with E-state index in [1.807, 2.05) is 25.1 Å². The van der Waals surface area contributed by atoms with Gasteiger partial charge < -0.3 is 10.1 Å². The van der Waals surface area contributed by atoms with Crippen molar-refractivity contribution in [2.45, 2.75) is 19.8 Å². The van der Waals surface area contributed by atoms with Gasteiger partial charge in [-0.15, -0.1) is 0 Å².